The minimum atomic E-state index is -0.477. The fourth-order valence-electron chi connectivity index (χ4n) is 1.92. The number of para-hydroxylation sites is 2. The zero-order chi connectivity index (χ0) is 14.1. The third-order valence-electron chi connectivity index (χ3n) is 2.79. The second-order valence-corrected chi connectivity index (χ2v) is 4.29. The predicted octanol–water partition coefficient (Wildman–Crippen LogP) is 2.23. The van der Waals surface area contributed by atoms with Crippen LogP contribution in [0.25, 0.3) is 11.0 Å². The van der Waals surface area contributed by atoms with E-state index in [9.17, 15) is 15.0 Å². The fraction of sp³-hybridized carbons (Fsp3) is 0. The number of rotatable bonds is 2. The van der Waals surface area contributed by atoms with E-state index in [1.807, 2.05) is 24.3 Å². The Balaban J connectivity index is 1.88. The summed E-state index contributed by atoms with van der Waals surface area (Å²) in [6.07, 6.45) is 0. The molecule has 1 amide bonds. The Hall–Kier alpha value is -3.02. The van der Waals surface area contributed by atoms with Gasteiger partial charge in [-0.3, -0.25) is 10.1 Å². The highest BCUT2D eigenvalue weighted by molar-refractivity contribution is 6.04. The van der Waals surface area contributed by atoms with Gasteiger partial charge in [0.2, 0.25) is 5.95 Å². The number of hydrogen-bond acceptors (Lipinski definition) is 4. The van der Waals surface area contributed by atoms with Crippen molar-refractivity contribution in [1.82, 2.24) is 9.97 Å². The number of aromatic nitrogens is 2. The van der Waals surface area contributed by atoms with Crippen molar-refractivity contribution in [3.63, 3.8) is 0 Å². The van der Waals surface area contributed by atoms with Crippen molar-refractivity contribution in [3.8, 4) is 11.5 Å². The number of H-pyrrole nitrogens is 1. The zero-order valence-electron chi connectivity index (χ0n) is 10.3. The molecule has 0 fully saturated rings. The summed E-state index contributed by atoms with van der Waals surface area (Å²) >= 11 is 0. The average Bonchev–Trinajstić information content (AvgIpc) is 2.79. The number of nitrogens with one attached hydrogen (secondary N) is 2. The molecule has 1 heterocycles. The van der Waals surface area contributed by atoms with E-state index in [0.29, 0.717) is 5.95 Å². The topological polar surface area (TPSA) is 98.2 Å². The number of imidazole rings is 1. The number of fused-ring (bicyclic) bond motifs is 1. The number of aromatic hydroxyl groups is 2. The van der Waals surface area contributed by atoms with Gasteiger partial charge in [-0.05, 0) is 24.3 Å². The van der Waals surface area contributed by atoms with E-state index >= 15 is 0 Å². The smallest absolute Gasteiger partial charge is 0.258 e. The molecule has 6 nitrogen and oxygen atoms in total. The largest absolute Gasteiger partial charge is 0.508 e. The lowest BCUT2D eigenvalue weighted by molar-refractivity contribution is 0.102. The number of phenolic OH excluding ortho intramolecular Hbond substituents is 2. The lowest BCUT2D eigenvalue weighted by Crippen LogP contribution is -2.12. The van der Waals surface area contributed by atoms with E-state index in [4.69, 9.17) is 0 Å². The summed E-state index contributed by atoms with van der Waals surface area (Å²) in [5, 5.41) is 21.3. The van der Waals surface area contributed by atoms with Crippen LogP contribution in [0.15, 0.2) is 42.5 Å². The Morgan fingerprint density at radius 3 is 2.50 bits per heavy atom. The van der Waals surface area contributed by atoms with Crippen molar-refractivity contribution in [2.75, 3.05) is 5.32 Å². The van der Waals surface area contributed by atoms with Crippen molar-refractivity contribution < 1.29 is 15.0 Å². The Kier molecular flexibility index (Phi) is 2.76. The Labute approximate surface area is 113 Å². The lowest BCUT2D eigenvalue weighted by Gasteiger charge is -2.03. The van der Waals surface area contributed by atoms with Gasteiger partial charge in [0, 0.05) is 11.6 Å². The summed E-state index contributed by atoms with van der Waals surface area (Å²) < 4.78 is 0. The van der Waals surface area contributed by atoms with Gasteiger partial charge < -0.3 is 15.2 Å². The molecule has 1 aromatic heterocycles. The molecule has 0 bridgehead atoms. The van der Waals surface area contributed by atoms with Crippen molar-refractivity contribution in [2.24, 2.45) is 0 Å². The first-order valence-corrected chi connectivity index (χ1v) is 5.91. The lowest BCUT2D eigenvalue weighted by atomic mass is 10.2. The number of anilines is 1. The molecule has 0 aliphatic heterocycles. The van der Waals surface area contributed by atoms with Crippen LogP contribution in [-0.4, -0.2) is 26.1 Å². The van der Waals surface area contributed by atoms with E-state index in [0.717, 1.165) is 17.1 Å². The summed E-state index contributed by atoms with van der Waals surface area (Å²) in [6, 6.07) is 11.1. The molecule has 20 heavy (non-hydrogen) atoms. The second kappa shape index (κ2) is 4.58. The molecule has 3 aromatic rings. The minimum absolute atomic E-state index is 0.142. The first-order chi connectivity index (χ1) is 9.61. The Bertz CT molecular complexity index is 742. The Morgan fingerprint density at radius 2 is 1.80 bits per heavy atom. The summed E-state index contributed by atoms with van der Waals surface area (Å²) in [7, 11) is 0. The number of hydrogen-bond donors (Lipinski definition) is 4. The van der Waals surface area contributed by atoms with Crippen LogP contribution in [0.1, 0.15) is 10.4 Å². The molecule has 100 valence electrons. The summed E-state index contributed by atoms with van der Waals surface area (Å²) in [5.74, 6) is -0.534. The molecular formula is C14H11N3O3. The van der Waals surface area contributed by atoms with Gasteiger partial charge in [0.1, 0.15) is 11.5 Å². The maximum absolute atomic E-state index is 12.0. The second-order valence-electron chi connectivity index (χ2n) is 4.29. The van der Waals surface area contributed by atoms with Crippen LogP contribution in [0, 0.1) is 0 Å². The van der Waals surface area contributed by atoms with Crippen molar-refractivity contribution in [3.05, 3.63) is 48.0 Å². The van der Waals surface area contributed by atoms with E-state index < -0.39 is 5.91 Å². The van der Waals surface area contributed by atoms with Gasteiger partial charge in [0.25, 0.3) is 5.91 Å². The van der Waals surface area contributed by atoms with Crippen LogP contribution in [0.4, 0.5) is 5.95 Å². The molecular weight excluding hydrogens is 258 g/mol. The fourth-order valence-corrected chi connectivity index (χ4v) is 1.92. The quantitative estimate of drug-likeness (QED) is 0.573. The van der Waals surface area contributed by atoms with E-state index in [1.54, 1.807) is 0 Å². The number of carbonyl (C=O) groups excluding carboxylic acids is 1. The molecule has 0 atom stereocenters. The molecule has 0 aliphatic carbocycles. The van der Waals surface area contributed by atoms with Crippen LogP contribution in [0.2, 0.25) is 0 Å². The first-order valence-electron chi connectivity index (χ1n) is 5.91. The number of benzene rings is 2. The molecule has 0 saturated heterocycles. The summed E-state index contributed by atoms with van der Waals surface area (Å²) in [6.45, 7) is 0. The highest BCUT2D eigenvalue weighted by Crippen LogP contribution is 2.21. The normalized spacial score (nSPS) is 10.6. The average molecular weight is 269 g/mol. The molecule has 0 unspecified atom stereocenters. The van der Waals surface area contributed by atoms with Crippen molar-refractivity contribution in [1.29, 1.82) is 0 Å². The highest BCUT2D eigenvalue weighted by Gasteiger charge is 2.11. The van der Waals surface area contributed by atoms with Crippen molar-refractivity contribution >= 4 is 22.9 Å². The van der Waals surface area contributed by atoms with Crippen LogP contribution >= 0.6 is 0 Å². The number of carbonyl (C=O) groups is 1. The summed E-state index contributed by atoms with van der Waals surface area (Å²) in [5.41, 5.74) is 1.69. The molecule has 4 N–H and O–H groups in total. The number of amides is 1. The molecule has 0 aliphatic rings. The van der Waals surface area contributed by atoms with Crippen LogP contribution in [-0.2, 0) is 0 Å². The standard InChI is InChI=1S/C14H11N3O3/c18-9-5-8(6-10(19)7-9)13(20)17-14-15-11-3-1-2-4-12(11)16-14/h1-7,18-19H,(H2,15,16,17,20). The third-order valence-corrected chi connectivity index (χ3v) is 2.79. The van der Waals surface area contributed by atoms with Crippen molar-refractivity contribution in [2.45, 2.75) is 0 Å². The molecule has 6 heteroatoms. The number of phenols is 2. The van der Waals surface area contributed by atoms with Gasteiger partial charge in [-0.15, -0.1) is 0 Å². The zero-order valence-corrected chi connectivity index (χ0v) is 10.3. The number of nitrogens with zero attached hydrogens (tertiary/aromatic N) is 1. The molecule has 0 saturated carbocycles. The Morgan fingerprint density at radius 1 is 1.10 bits per heavy atom. The van der Waals surface area contributed by atoms with Crippen LogP contribution in [0.3, 0.4) is 0 Å². The minimum Gasteiger partial charge on any atom is -0.508 e. The predicted molar refractivity (Wildman–Crippen MR) is 73.8 cm³/mol. The van der Waals surface area contributed by atoms with Gasteiger partial charge >= 0.3 is 0 Å². The monoisotopic (exact) mass is 269 g/mol. The van der Waals surface area contributed by atoms with Gasteiger partial charge in [-0.25, -0.2) is 4.98 Å². The van der Waals surface area contributed by atoms with Crippen LogP contribution < -0.4 is 5.32 Å². The van der Waals surface area contributed by atoms with Gasteiger partial charge in [-0.2, -0.15) is 0 Å². The van der Waals surface area contributed by atoms with Crippen LogP contribution in [0.5, 0.6) is 11.5 Å². The van der Waals surface area contributed by atoms with Gasteiger partial charge in [-0.1, -0.05) is 12.1 Å². The maximum Gasteiger partial charge on any atom is 0.258 e. The molecule has 0 spiro atoms. The molecule has 3 rings (SSSR count). The van der Waals surface area contributed by atoms with E-state index in [2.05, 4.69) is 15.3 Å². The summed E-state index contributed by atoms with van der Waals surface area (Å²) in [4.78, 5) is 19.2. The van der Waals surface area contributed by atoms with E-state index in [-0.39, 0.29) is 17.1 Å². The first kappa shape index (κ1) is 12.0. The van der Waals surface area contributed by atoms with Gasteiger partial charge in [0.05, 0.1) is 11.0 Å². The molecule has 2 aromatic carbocycles. The third kappa shape index (κ3) is 2.26. The SMILES string of the molecule is O=C(Nc1nc2ccccc2[nH]1)c1cc(O)cc(O)c1. The highest BCUT2D eigenvalue weighted by atomic mass is 16.3. The van der Waals surface area contributed by atoms with Gasteiger partial charge in [0.15, 0.2) is 0 Å². The van der Waals surface area contributed by atoms with E-state index in [1.165, 1.54) is 12.1 Å². The maximum atomic E-state index is 12.0. The molecule has 0 radical (unpaired) electrons. The number of aromatic amines is 1.